The molecule has 0 unspecified atom stereocenters. The van der Waals surface area contributed by atoms with E-state index >= 15 is 0 Å². The zero-order valence-corrected chi connectivity index (χ0v) is 18.2. The molecule has 0 radical (unpaired) electrons. The minimum atomic E-state index is 0.356. The van der Waals surface area contributed by atoms with Gasteiger partial charge in [0.1, 0.15) is 0 Å². The number of likely N-dealkylation sites (tertiary alicyclic amines) is 1. The maximum atomic E-state index is 10.5. The van der Waals surface area contributed by atoms with Crippen LogP contribution in [0.4, 0.5) is 0 Å². The first-order valence-corrected chi connectivity index (χ1v) is 12.4. The number of benzene rings is 1. The van der Waals surface area contributed by atoms with Crippen LogP contribution in [0.3, 0.4) is 0 Å². The summed E-state index contributed by atoms with van der Waals surface area (Å²) in [6.45, 7) is 10.4. The SMILES string of the molecule is CC(C)C1CCN(Cc2ccc(SSN3CCC(NC=O)CC3)cc2)CC1. The van der Waals surface area contributed by atoms with Crippen molar-refractivity contribution in [2.24, 2.45) is 11.8 Å². The fourth-order valence-electron chi connectivity index (χ4n) is 3.98. The summed E-state index contributed by atoms with van der Waals surface area (Å²) >= 11 is 0. The Morgan fingerprint density at radius 1 is 1.07 bits per heavy atom. The van der Waals surface area contributed by atoms with Crippen molar-refractivity contribution in [1.82, 2.24) is 14.5 Å². The summed E-state index contributed by atoms with van der Waals surface area (Å²) in [5, 5.41) is 2.90. The molecule has 1 aromatic rings. The Kier molecular flexibility index (Phi) is 8.37. The highest BCUT2D eigenvalue weighted by Crippen LogP contribution is 2.35. The van der Waals surface area contributed by atoms with Crippen molar-refractivity contribution in [1.29, 1.82) is 0 Å². The van der Waals surface area contributed by atoms with Crippen LogP contribution in [0, 0.1) is 11.8 Å². The Hall–Kier alpha value is -0.690. The molecule has 6 heteroatoms. The van der Waals surface area contributed by atoms with Gasteiger partial charge in [0.05, 0.1) is 0 Å². The fourth-order valence-corrected chi connectivity index (χ4v) is 6.13. The number of hydrogen-bond donors (Lipinski definition) is 1. The minimum Gasteiger partial charge on any atom is -0.356 e. The average Bonchev–Trinajstić information content (AvgIpc) is 2.69. The second-order valence-electron chi connectivity index (χ2n) is 8.15. The van der Waals surface area contributed by atoms with E-state index in [1.165, 1.54) is 36.4 Å². The van der Waals surface area contributed by atoms with Gasteiger partial charge in [-0.25, -0.2) is 4.31 Å². The molecule has 3 rings (SSSR count). The molecule has 0 bridgehead atoms. The van der Waals surface area contributed by atoms with E-state index < -0.39 is 0 Å². The normalized spacial score (nSPS) is 20.9. The molecular weight excluding hydrogens is 374 g/mol. The van der Waals surface area contributed by atoms with Crippen LogP contribution in [-0.2, 0) is 11.3 Å². The predicted octanol–water partition coefficient (Wildman–Crippen LogP) is 4.42. The lowest BCUT2D eigenvalue weighted by Gasteiger charge is -2.33. The first-order valence-electron chi connectivity index (χ1n) is 10.2. The van der Waals surface area contributed by atoms with Gasteiger partial charge in [0.25, 0.3) is 0 Å². The Labute approximate surface area is 172 Å². The molecule has 150 valence electrons. The van der Waals surface area contributed by atoms with Crippen LogP contribution >= 0.6 is 21.8 Å². The van der Waals surface area contributed by atoms with E-state index in [4.69, 9.17) is 0 Å². The van der Waals surface area contributed by atoms with Gasteiger partial charge >= 0.3 is 0 Å². The molecule has 1 amide bonds. The van der Waals surface area contributed by atoms with E-state index in [9.17, 15) is 4.79 Å². The second kappa shape index (κ2) is 10.7. The summed E-state index contributed by atoms with van der Waals surface area (Å²) in [6, 6.07) is 9.45. The molecule has 1 aromatic carbocycles. The van der Waals surface area contributed by atoms with Gasteiger partial charge in [-0.05, 0) is 90.1 Å². The number of nitrogens with one attached hydrogen (secondary N) is 1. The number of nitrogens with zero attached hydrogens (tertiary/aromatic N) is 2. The van der Waals surface area contributed by atoms with E-state index in [0.29, 0.717) is 6.04 Å². The smallest absolute Gasteiger partial charge is 0.207 e. The fraction of sp³-hybridized carbons (Fsp3) is 0.667. The molecule has 4 nitrogen and oxygen atoms in total. The van der Waals surface area contributed by atoms with Gasteiger partial charge in [0, 0.05) is 30.6 Å². The van der Waals surface area contributed by atoms with Crippen LogP contribution in [0.15, 0.2) is 29.2 Å². The number of carbonyl (C=O) groups excluding carboxylic acids is 1. The standard InChI is InChI=1S/C21H33N3OS2/c1-17(2)19-7-11-23(12-8-19)15-18-3-5-21(6-4-18)26-27-24-13-9-20(10-14-24)22-16-25/h3-6,16-17,19-20H,7-15H2,1-2H3,(H,22,25). The van der Waals surface area contributed by atoms with E-state index in [1.807, 2.05) is 21.8 Å². The maximum Gasteiger partial charge on any atom is 0.207 e. The number of rotatable bonds is 8. The number of hydrogen-bond acceptors (Lipinski definition) is 5. The summed E-state index contributed by atoms with van der Waals surface area (Å²) in [7, 11) is 3.68. The minimum absolute atomic E-state index is 0.356. The molecule has 2 aliphatic rings. The van der Waals surface area contributed by atoms with Gasteiger partial charge in [-0.3, -0.25) is 9.69 Å². The predicted molar refractivity (Wildman–Crippen MR) is 117 cm³/mol. The van der Waals surface area contributed by atoms with Gasteiger partial charge in [-0.2, -0.15) is 0 Å². The lowest BCUT2D eigenvalue weighted by molar-refractivity contribution is -0.110. The third kappa shape index (κ3) is 6.70. The largest absolute Gasteiger partial charge is 0.356 e. The number of carbonyl (C=O) groups is 1. The Morgan fingerprint density at radius 2 is 1.74 bits per heavy atom. The maximum absolute atomic E-state index is 10.5. The van der Waals surface area contributed by atoms with Crippen molar-refractivity contribution in [2.75, 3.05) is 26.2 Å². The van der Waals surface area contributed by atoms with Crippen LogP contribution in [-0.4, -0.2) is 47.8 Å². The van der Waals surface area contributed by atoms with E-state index in [-0.39, 0.29) is 0 Å². The highest BCUT2D eigenvalue weighted by atomic mass is 33.1. The van der Waals surface area contributed by atoms with Gasteiger partial charge in [-0.1, -0.05) is 26.0 Å². The third-order valence-corrected chi connectivity index (χ3v) is 8.45. The van der Waals surface area contributed by atoms with E-state index in [1.54, 1.807) is 0 Å². The molecule has 2 heterocycles. The molecule has 0 atom stereocenters. The molecule has 2 saturated heterocycles. The molecule has 27 heavy (non-hydrogen) atoms. The first-order chi connectivity index (χ1) is 13.1. The lowest BCUT2D eigenvalue weighted by atomic mass is 9.86. The van der Waals surface area contributed by atoms with Gasteiger partial charge in [0.15, 0.2) is 0 Å². The molecule has 2 aliphatic heterocycles. The van der Waals surface area contributed by atoms with Crippen LogP contribution in [0.5, 0.6) is 0 Å². The lowest BCUT2D eigenvalue weighted by Crippen LogP contribution is -2.39. The van der Waals surface area contributed by atoms with Crippen molar-refractivity contribution < 1.29 is 4.79 Å². The van der Waals surface area contributed by atoms with E-state index in [0.717, 1.165) is 50.7 Å². The summed E-state index contributed by atoms with van der Waals surface area (Å²) in [5.41, 5.74) is 1.42. The van der Waals surface area contributed by atoms with Crippen molar-refractivity contribution in [2.45, 2.75) is 57.0 Å². The molecule has 0 spiro atoms. The zero-order valence-electron chi connectivity index (χ0n) is 16.6. The average molecular weight is 408 g/mol. The number of amides is 1. The van der Waals surface area contributed by atoms with Crippen molar-refractivity contribution in [3.63, 3.8) is 0 Å². The quantitative estimate of drug-likeness (QED) is 0.392. The summed E-state index contributed by atoms with van der Waals surface area (Å²) in [5.74, 6) is 1.74. The summed E-state index contributed by atoms with van der Waals surface area (Å²) < 4.78 is 2.40. The van der Waals surface area contributed by atoms with Gasteiger partial charge in [-0.15, -0.1) is 0 Å². The molecule has 0 saturated carbocycles. The Morgan fingerprint density at radius 3 is 2.33 bits per heavy atom. The highest BCUT2D eigenvalue weighted by molar-refractivity contribution is 8.75. The van der Waals surface area contributed by atoms with Gasteiger partial charge < -0.3 is 5.32 Å². The molecule has 1 N–H and O–H groups in total. The molecule has 2 fully saturated rings. The third-order valence-electron chi connectivity index (χ3n) is 5.90. The highest BCUT2D eigenvalue weighted by Gasteiger charge is 2.21. The Balaban J connectivity index is 1.37. The van der Waals surface area contributed by atoms with Gasteiger partial charge in [0.2, 0.25) is 6.41 Å². The first kappa shape index (κ1) is 21.0. The van der Waals surface area contributed by atoms with E-state index in [2.05, 4.69) is 52.6 Å². The molecule has 0 aromatic heterocycles. The summed E-state index contributed by atoms with van der Waals surface area (Å²) in [4.78, 5) is 14.4. The second-order valence-corrected chi connectivity index (χ2v) is 10.4. The topological polar surface area (TPSA) is 35.6 Å². The number of piperidine rings is 2. The van der Waals surface area contributed by atoms with Crippen LogP contribution in [0.25, 0.3) is 0 Å². The van der Waals surface area contributed by atoms with Crippen LogP contribution in [0.1, 0.15) is 45.1 Å². The van der Waals surface area contributed by atoms with Crippen LogP contribution in [0.2, 0.25) is 0 Å². The van der Waals surface area contributed by atoms with Crippen LogP contribution < -0.4 is 5.32 Å². The Bertz CT molecular complexity index is 565. The zero-order chi connectivity index (χ0) is 19.1. The molecule has 0 aliphatic carbocycles. The summed E-state index contributed by atoms with van der Waals surface area (Å²) in [6.07, 6.45) is 5.61. The molecular formula is C21H33N3OS2. The van der Waals surface area contributed by atoms with Crippen molar-refractivity contribution in [3.05, 3.63) is 29.8 Å². The monoisotopic (exact) mass is 407 g/mol. The van der Waals surface area contributed by atoms with Crippen molar-refractivity contribution >= 4 is 28.2 Å². The van der Waals surface area contributed by atoms with Crippen molar-refractivity contribution in [3.8, 4) is 0 Å².